The van der Waals surface area contributed by atoms with Crippen molar-refractivity contribution in [1.29, 1.82) is 0 Å². The molecular formula is C14H18F2OS2. The van der Waals surface area contributed by atoms with E-state index in [1.54, 1.807) is 17.8 Å². The smallest absolute Gasteiger partial charge is 0.162 e. The van der Waals surface area contributed by atoms with Crippen molar-refractivity contribution >= 4 is 23.5 Å². The van der Waals surface area contributed by atoms with Crippen LogP contribution in [0.2, 0.25) is 0 Å². The average Bonchev–Trinajstić information content (AvgIpc) is 2.43. The summed E-state index contributed by atoms with van der Waals surface area (Å²) in [4.78, 5) is 0. The average molecular weight is 304 g/mol. The number of hydrogen-bond acceptors (Lipinski definition) is 3. The summed E-state index contributed by atoms with van der Waals surface area (Å²) in [6.07, 6.45) is 0.544. The summed E-state index contributed by atoms with van der Waals surface area (Å²) < 4.78 is 26.8. The number of halogens is 2. The molecule has 0 saturated carbocycles. The van der Waals surface area contributed by atoms with Gasteiger partial charge in [0.15, 0.2) is 11.6 Å². The molecule has 19 heavy (non-hydrogen) atoms. The zero-order valence-corrected chi connectivity index (χ0v) is 12.4. The van der Waals surface area contributed by atoms with Gasteiger partial charge in [0.25, 0.3) is 0 Å². The van der Waals surface area contributed by atoms with E-state index in [2.05, 4.69) is 6.92 Å². The molecule has 1 aliphatic rings. The Balaban J connectivity index is 2.07. The molecule has 1 N–H and O–H groups in total. The second-order valence-corrected chi connectivity index (χ2v) is 7.27. The highest BCUT2D eigenvalue weighted by Crippen LogP contribution is 2.36. The quantitative estimate of drug-likeness (QED) is 0.919. The van der Waals surface area contributed by atoms with Crippen molar-refractivity contribution in [3.63, 3.8) is 0 Å². The van der Waals surface area contributed by atoms with Crippen LogP contribution in [0.15, 0.2) is 18.2 Å². The molecule has 0 spiro atoms. The summed E-state index contributed by atoms with van der Waals surface area (Å²) in [5.74, 6) is 0.431. The Morgan fingerprint density at radius 3 is 2.79 bits per heavy atom. The maximum Gasteiger partial charge on any atom is 0.162 e. The van der Waals surface area contributed by atoms with E-state index in [0.29, 0.717) is 5.25 Å². The molecule has 1 aliphatic heterocycles. The van der Waals surface area contributed by atoms with Gasteiger partial charge in [-0.05, 0) is 18.1 Å². The van der Waals surface area contributed by atoms with Crippen molar-refractivity contribution in [3.8, 4) is 0 Å². The lowest BCUT2D eigenvalue weighted by atomic mass is 10.0. The third kappa shape index (κ3) is 3.64. The van der Waals surface area contributed by atoms with Crippen LogP contribution in [0.25, 0.3) is 0 Å². The molecule has 106 valence electrons. The van der Waals surface area contributed by atoms with Crippen LogP contribution in [-0.4, -0.2) is 33.2 Å². The third-order valence-corrected chi connectivity index (χ3v) is 6.73. The van der Waals surface area contributed by atoms with E-state index < -0.39 is 17.7 Å². The molecule has 1 nitrogen and oxygen atoms in total. The summed E-state index contributed by atoms with van der Waals surface area (Å²) in [6.45, 7) is 2.10. The summed E-state index contributed by atoms with van der Waals surface area (Å²) >= 11 is 3.62. The van der Waals surface area contributed by atoms with Gasteiger partial charge < -0.3 is 5.11 Å². The van der Waals surface area contributed by atoms with Crippen molar-refractivity contribution in [3.05, 3.63) is 35.4 Å². The van der Waals surface area contributed by atoms with E-state index in [9.17, 15) is 13.9 Å². The van der Waals surface area contributed by atoms with Gasteiger partial charge in [-0.25, -0.2) is 8.78 Å². The minimum atomic E-state index is -0.845. The zero-order valence-electron chi connectivity index (χ0n) is 10.8. The molecule has 1 aromatic carbocycles. The summed E-state index contributed by atoms with van der Waals surface area (Å²) in [7, 11) is 0. The van der Waals surface area contributed by atoms with Crippen LogP contribution in [0.5, 0.6) is 0 Å². The Labute approximate surface area is 121 Å². The normalized spacial score (nSPS) is 25.3. The molecule has 1 aromatic rings. The Morgan fingerprint density at radius 1 is 1.32 bits per heavy atom. The summed E-state index contributed by atoms with van der Waals surface area (Å²) in [5.41, 5.74) is 0.263. The summed E-state index contributed by atoms with van der Waals surface area (Å²) in [5, 5.41) is 10.8. The van der Waals surface area contributed by atoms with Crippen molar-refractivity contribution in [2.75, 3.05) is 11.5 Å². The Morgan fingerprint density at radius 2 is 2.05 bits per heavy atom. The predicted molar refractivity (Wildman–Crippen MR) is 78.9 cm³/mol. The van der Waals surface area contributed by atoms with Gasteiger partial charge in [0.1, 0.15) is 0 Å². The fourth-order valence-corrected chi connectivity index (χ4v) is 5.49. The van der Waals surface area contributed by atoms with Crippen LogP contribution in [0.4, 0.5) is 8.78 Å². The largest absolute Gasteiger partial charge is 0.392 e. The Kier molecular flexibility index (Phi) is 5.54. The SMILES string of the molecule is CCC1SCCSC1C(O)Cc1cccc(F)c1F. The van der Waals surface area contributed by atoms with E-state index in [1.807, 2.05) is 11.8 Å². The highest BCUT2D eigenvalue weighted by Gasteiger charge is 2.31. The van der Waals surface area contributed by atoms with Gasteiger partial charge in [-0.3, -0.25) is 0 Å². The van der Waals surface area contributed by atoms with E-state index in [4.69, 9.17) is 0 Å². The molecule has 5 heteroatoms. The van der Waals surface area contributed by atoms with Crippen LogP contribution in [0, 0.1) is 11.6 Å². The third-order valence-electron chi connectivity index (χ3n) is 3.33. The maximum atomic E-state index is 13.6. The van der Waals surface area contributed by atoms with Gasteiger partial charge in [-0.15, -0.1) is 0 Å². The first-order valence-electron chi connectivity index (χ1n) is 6.47. The minimum Gasteiger partial charge on any atom is -0.392 e. The lowest BCUT2D eigenvalue weighted by molar-refractivity contribution is 0.168. The van der Waals surface area contributed by atoms with Crippen LogP contribution in [0.3, 0.4) is 0 Å². The predicted octanol–water partition coefficient (Wildman–Crippen LogP) is 3.50. The number of benzene rings is 1. The zero-order chi connectivity index (χ0) is 13.8. The van der Waals surface area contributed by atoms with Gasteiger partial charge in [-0.1, -0.05) is 19.1 Å². The molecule has 0 aliphatic carbocycles. The molecule has 0 radical (unpaired) electrons. The van der Waals surface area contributed by atoms with Gasteiger partial charge in [-0.2, -0.15) is 23.5 Å². The van der Waals surface area contributed by atoms with Crippen molar-refractivity contribution < 1.29 is 13.9 Å². The fraction of sp³-hybridized carbons (Fsp3) is 0.571. The van der Waals surface area contributed by atoms with Crippen LogP contribution >= 0.6 is 23.5 Å². The molecule has 0 amide bonds. The van der Waals surface area contributed by atoms with E-state index >= 15 is 0 Å². The first kappa shape index (κ1) is 15.1. The molecule has 0 aromatic heterocycles. The number of aliphatic hydroxyl groups is 1. The second kappa shape index (κ2) is 6.95. The Hall–Kier alpha value is -0.260. The molecular weight excluding hydrogens is 286 g/mol. The number of aliphatic hydroxyl groups excluding tert-OH is 1. The van der Waals surface area contributed by atoms with Gasteiger partial charge in [0.05, 0.1) is 6.10 Å². The molecule has 2 rings (SSSR count). The molecule has 1 heterocycles. The summed E-state index contributed by atoms with van der Waals surface area (Å²) in [6, 6.07) is 4.13. The van der Waals surface area contributed by atoms with E-state index in [-0.39, 0.29) is 17.2 Å². The molecule has 3 unspecified atom stereocenters. The second-order valence-electron chi connectivity index (χ2n) is 4.64. The monoisotopic (exact) mass is 304 g/mol. The van der Waals surface area contributed by atoms with Crippen LogP contribution in [-0.2, 0) is 6.42 Å². The van der Waals surface area contributed by atoms with Gasteiger partial charge >= 0.3 is 0 Å². The first-order chi connectivity index (χ1) is 9.13. The first-order valence-corrected chi connectivity index (χ1v) is 8.57. The molecule has 3 atom stereocenters. The van der Waals surface area contributed by atoms with Crippen LogP contribution in [0.1, 0.15) is 18.9 Å². The molecule has 1 saturated heterocycles. The lowest BCUT2D eigenvalue weighted by Gasteiger charge is -2.33. The van der Waals surface area contributed by atoms with Gasteiger partial charge in [0, 0.05) is 28.4 Å². The molecule has 0 bridgehead atoms. The highest BCUT2D eigenvalue weighted by atomic mass is 32.2. The number of rotatable bonds is 4. The molecule has 1 fully saturated rings. The van der Waals surface area contributed by atoms with E-state index in [1.165, 1.54) is 6.07 Å². The Bertz CT molecular complexity index is 428. The van der Waals surface area contributed by atoms with Crippen LogP contribution < -0.4 is 0 Å². The fourth-order valence-electron chi connectivity index (χ4n) is 2.34. The topological polar surface area (TPSA) is 20.2 Å². The van der Waals surface area contributed by atoms with Crippen molar-refractivity contribution in [1.82, 2.24) is 0 Å². The van der Waals surface area contributed by atoms with E-state index in [0.717, 1.165) is 24.0 Å². The minimum absolute atomic E-state index is 0.103. The van der Waals surface area contributed by atoms with Crippen molar-refractivity contribution in [2.45, 2.75) is 36.4 Å². The highest BCUT2D eigenvalue weighted by molar-refractivity contribution is 8.07. The van der Waals surface area contributed by atoms with Crippen molar-refractivity contribution in [2.24, 2.45) is 0 Å². The lowest BCUT2D eigenvalue weighted by Crippen LogP contribution is -2.37. The number of thioether (sulfide) groups is 2. The number of hydrogen-bond donors (Lipinski definition) is 1. The standard InChI is InChI=1S/C14H18F2OS2/c1-2-12-14(19-7-6-18-12)11(17)8-9-4-3-5-10(15)13(9)16/h3-5,11-12,14,17H,2,6-8H2,1H3. The van der Waals surface area contributed by atoms with Gasteiger partial charge in [0.2, 0.25) is 0 Å². The maximum absolute atomic E-state index is 13.6.